The van der Waals surface area contributed by atoms with Gasteiger partial charge in [-0.05, 0) is 49.6 Å². The van der Waals surface area contributed by atoms with Gasteiger partial charge in [0.25, 0.3) is 5.91 Å². The summed E-state index contributed by atoms with van der Waals surface area (Å²) in [4.78, 5) is 47.7. The van der Waals surface area contributed by atoms with Gasteiger partial charge in [-0.3, -0.25) is 14.4 Å². The molecule has 1 N–H and O–H groups in total. The van der Waals surface area contributed by atoms with Crippen LogP contribution in [0.5, 0.6) is 0 Å². The predicted molar refractivity (Wildman–Crippen MR) is 147 cm³/mol. The number of aryl methyl sites for hydroxylation is 2. The summed E-state index contributed by atoms with van der Waals surface area (Å²) in [5, 5.41) is 9.61. The fourth-order valence-corrected chi connectivity index (χ4v) is 6.68. The number of likely N-dealkylation sites (tertiary alicyclic amines) is 1. The number of hydrogen-bond acceptors (Lipinski definition) is 5. The van der Waals surface area contributed by atoms with Gasteiger partial charge in [-0.2, -0.15) is 0 Å². The fraction of sp³-hybridized carbons (Fsp3) is 0.387. The Balaban J connectivity index is 1.45. The summed E-state index contributed by atoms with van der Waals surface area (Å²) in [6.45, 7) is 4.73. The number of benzene rings is 2. The van der Waals surface area contributed by atoms with Crippen LogP contribution in [0.2, 0.25) is 0 Å². The van der Waals surface area contributed by atoms with Crippen LogP contribution >= 0.6 is 0 Å². The van der Waals surface area contributed by atoms with E-state index in [-0.39, 0.29) is 30.9 Å². The molecule has 0 radical (unpaired) electrons. The number of fused-ring (bicyclic) bond motifs is 2. The second-order valence-corrected chi connectivity index (χ2v) is 10.8. The van der Waals surface area contributed by atoms with Crippen LogP contribution in [0.1, 0.15) is 17.5 Å². The zero-order chi connectivity index (χ0) is 27.3. The van der Waals surface area contributed by atoms with Crippen LogP contribution in [-0.2, 0) is 19.1 Å². The third-order valence-electron chi connectivity index (χ3n) is 8.44. The highest BCUT2D eigenvalue weighted by Gasteiger charge is 2.71. The largest absolute Gasteiger partial charge is 0.396 e. The van der Waals surface area contributed by atoms with Crippen molar-refractivity contribution in [3.05, 3.63) is 84.0 Å². The number of amides is 3. The number of para-hydroxylation sites is 1. The van der Waals surface area contributed by atoms with Gasteiger partial charge in [0, 0.05) is 37.6 Å². The van der Waals surface area contributed by atoms with Gasteiger partial charge >= 0.3 is 0 Å². The lowest BCUT2D eigenvalue weighted by Gasteiger charge is -2.35. The number of anilines is 2. The van der Waals surface area contributed by atoms with Crippen LogP contribution in [0.3, 0.4) is 0 Å². The molecule has 1 spiro atoms. The van der Waals surface area contributed by atoms with Gasteiger partial charge in [0.1, 0.15) is 11.6 Å². The Morgan fingerprint density at radius 2 is 1.72 bits per heavy atom. The molecule has 39 heavy (non-hydrogen) atoms. The zero-order valence-corrected chi connectivity index (χ0v) is 22.2. The van der Waals surface area contributed by atoms with Crippen LogP contribution in [0.15, 0.2) is 72.8 Å². The lowest BCUT2D eigenvalue weighted by molar-refractivity contribution is -0.140. The highest BCUT2D eigenvalue weighted by atomic mass is 16.5. The van der Waals surface area contributed by atoms with E-state index in [2.05, 4.69) is 0 Å². The Labute approximate surface area is 228 Å². The van der Waals surface area contributed by atoms with Gasteiger partial charge in [0.2, 0.25) is 11.8 Å². The van der Waals surface area contributed by atoms with Crippen LogP contribution in [-0.4, -0.2) is 71.7 Å². The maximum atomic E-state index is 14.4. The molecule has 0 bridgehead atoms. The molecule has 2 aromatic carbocycles. The van der Waals surface area contributed by atoms with E-state index in [1.54, 1.807) is 14.7 Å². The third-order valence-corrected chi connectivity index (χ3v) is 8.44. The molecule has 0 saturated carbocycles. The van der Waals surface area contributed by atoms with Crippen molar-refractivity contribution in [1.29, 1.82) is 0 Å². The average molecular weight is 528 g/mol. The van der Waals surface area contributed by atoms with Crippen LogP contribution in [0, 0.1) is 25.7 Å². The summed E-state index contributed by atoms with van der Waals surface area (Å²) < 4.78 is 6.69. The molecule has 4 heterocycles. The quantitative estimate of drug-likeness (QED) is 0.604. The number of carbonyl (C=O) groups is 3. The zero-order valence-electron chi connectivity index (χ0n) is 22.2. The number of carbonyl (C=O) groups excluding carboxylic acids is 3. The second-order valence-electron chi connectivity index (χ2n) is 10.8. The van der Waals surface area contributed by atoms with Crippen LogP contribution in [0.4, 0.5) is 11.4 Å². The lowest BCUT2D eigenvalue weighted by atomic mass is 9.77. The Bertz CT molecular complexity index is 1370. The molecule has 8 heteroatoms. The van der Waals surface area contributed by atoms with Crippen molar-refractivity contribution >= 4 is 29.1 Å². The van der Waals surface area contributed by atoms with Gasteiger partial charge in [-0.15, -0.1) is 0 Å². The Morgan fingerprint density at radius 1 is 0.949 bits per heavy atom. The monoisotopic (exact) mass is 527 g/mol. The molecule has 8 nitrogen and oxygen atoms in total. The minimum atomic E-state index is -1.29. The Kier molecular flexibility index (Phi) is 6.40. The summed E-state index contributed by atoms with van der Waals surface area (Å²) in [6, 6.07) is 14.4. The van der Waals surface area contributed by atoms with E-state index in [0.717, 1.165) is 22.5 Å². The summed E-state index contributed by atoms with van der Waals surface area (Å²) in [7, 11) is 0. The topological polar surface area (TPSA) is 90.4 Å². The molecule has 3 amide bonds. The molecule has 4 aliphatic rings. The minimum Gasteiger partial charge on any atom is -0.396 e. The molecular formula is C31H33N3O5. The molecule has 2 aromatic rings. The number of ether oxygens (including phenoxy) is 1. The molecule has 1 unspecified atom stereocenters. The molecule has 2 saturated heterocycles. The van der Waals surface area contributed by atoms with Crippen molar-refractivity contribution in [3.8, 4) is 0 Å². The molecule has 5 atom stereocenters. The van der Waals surface area contributed by atoms with E-state index in [0.29, 0.717) is 19.5 Å². The second kappa shape index (κ2) is 9.77. The van der Waals surface area contributed by atoms with E-state index in [1.165, 1.54) is 0 Å². The van der Waals surface area contributed by atoms with Crippen molar-refractivity contribution in [1.82, 2.24) is 4.90 Å². The highest BCUT2D eigenvalue weighted by Crippen LogP contribution is 2.54. The van der Waals surface area contributed by atoms with E-state index >= 15 is 0 Å². The first-order chi connectivity index (χ1) is 18.9. The number of aliphatic hydroxyl groups is 1. The average Bonchev–Trinajstić information content (AvgIpc) is 3.24. The van der Waals surface area contributed by atoms with Gasteiger partial charge in [0.05, 0.1) is 17.9 Å². The van der Waals surface area contributed by atoms with Crippen molar-refractivity contribution in [3.63, 3.8) is 0 Å². The van der Waals surface area contributed by atoms with E-state index < -0.39 is 29.6 Å². The smallest absolute Gasteiger partial charge is 0.253 e. The summed E-state index contributed by atoms with van der Waals surface area (Å²) >= 11 is 0. The van der Waals surface area contributed by atoms with Crippen LogP contribution < -0.4 is 9.80 Å². The Hall–Kier alpha value is -3.75. The first kappa shape index (κ1) is 25.5. The third kappa shape index (κ3) is 3.93. The van der Waals surface area contributed by atoms with Crippen molar-refractivity contribution < 1.29 is 24.2 Å². The van der Waals surface area contributed by atoms with Crippen molar-refractivity contribution in [2.75, 3.05) is 36.0 Å². The normalized spacial score (nSPS) is 29.8. The SMILES string of the molecule is Cc1ccc(C)c(N2CC=C[C@]34O[C@H]5C=CCN(c6ccccc6)C(=O)[C@H]5[C@H]3C(=O)N(CCCO)C4C2=O)c1. The van der Waals surface area contributed by atoms with Gasteiger partial charge in [-0.25, -0.2) is 0 Å². The van der Waals surface area contributed by atoms with E-state index in [9.17, 15) is 19.5 Å². The van der Waals surface area contributed by atoms with Gasteiger partial charge in [-0.1, -0.05) is 54.6 Å². The number of nitrogens with zero attached hydrogens (tertiary/aromatic N) is 3. The standard InChI is InChI=1S/C31H33N3O5/c1-20-12-13-21(2)23(19-20)33-16-7-14-31-26(29(37)34(17-8-18-35)27(31)30(33)38)25-24(39-31)11-6-15-32(28(25)36)22-9-4-3-5-10-22/h3-7,9-14,19,24-27,35H,8,15-18H2,1-2H3/t24-,25+,26-,27?,31-/m0/s1. The molecule has 202 valence electrons. The first-order valence-electron chi connectivity index (χ1n) is 13.6. The summed E-state index contributed by atoms with van der Waals surface area (Å²) in [5.41, 5.74) is 2.24. The van der Waals surface area contributed by atoms with E-state index in [1.807, 2.05) is 86.7 Å². The lowest BCUT2D eigenvalue weighted by Crippen LogP contribution is -2.55. The first-order valence-corrected chi connectivity index (χ1v) is 13.6. The highest BCUT2D eigenvalue weighted by molar-refractivity contribution is 6.07. The minimum absolute atomic E-state index is 0.116. The molecule has 2 fully saturated rings. The van der Waals surface area contributed by atoms with Crippen molar-refractivity contribution in [2.45, 2.75) is 38.0 Å². The fourth-order valence-electron chi connectivity index (χ4n) is 6.68. The molecule has 0 aromatic heterocycles. The number of rotatable bonds is 5. The Morgan fingerprint density at radius 3 is 2.49 bits per heavy atom. The maximum Gasteiger partial charge on any atom is 0.253 e. The maximum absolute atomic E-state index is 14.4. The predicted octanol–water partition coefficient (Wildman–Crippen LogP) is 2.77. The number of aliphatic hydroxyl groups excluding tert-OH is 1. The molecular weight excluding hydrogens is 494 g/mol. The van der Waals surface area contributed by atoms with Gasteiger partial charge < -0.3 is 24.5 Å². The van der Waals surface area contributed by atoms with Crippen molar-refractivity contribution in [2.24, 2.45) is 11.8 Å². The van der Waals surface area contributed by atoms with E-state index in [4.69, 9.17) is 4.74 Å². The number of hydrogen-bond donors (Lipinski definition) is 1. The summed E-state index contributed by atoms with van der Waals surface area (Å²) in [5.74, 6) is -2.34. The summed E-state index contributed by atoms with van der Waals surface area (Å²) in [6.07, 6.45) is 7.21. The van der Waals surface area contributed by atoms with Crippen LogP contribution in [0.25, 0.3) is 0 Å². The van der Waals surface area contributed by atoms with Gasteiger partial charge in [0.15, 0.2) is 0 Å². The molecule has 0 aliphatic carbocycles. The molecule has 6 rings (SSSR count). The molecule has 4 aliphatic heterocycles.